The average molecular weight is 457 g/mol. The number of benzene rings is 1. The number of hydrogen-bond acceptors (Lipinski definition) is 7. The summed E-state index contributed by atoms with van der Waals surface area (Å²) in [6.07, 6.45) is 9.84. The summed E-state index contributed by atoms with van der Waals surface area (Å²) in [5.41, 5.74) is 8.53. The summed E-state index contributed by atoms with van der Waals surface area (Å²) < 4.78 is 14.0. The Morgan fingerprint density at radius 3 is 2.82 bits per heavy atom. The molecule has 1 aliphatic carbocycles. The lowest BCUT2D eigenvalue weighted by molar-refractivity contribution is 0.0990. The Labute approximate surface area is 196 Å². The van der Waals surface area contributed by atoms with Gasteiger partial charge in [0.15, 0.2) is 0 Å². The van der Waals surface area contributed by atoms with Crippen molar-refractivity contribution in [3.05, 3.63) is 60.7 Å². The molecular weight excluding hydrogens is 432 g/mol. The minimum atomic E-state index is -0.304. The molecule has 0 spiro atoms. The molecule has 0 atom stereocenters. The molecule has 3 aromatic heterocycles. The minimum Gasteiger partial charge on any atom is -0.488 e. The molecule has 172 valence electrons. The van der Waals surface area contributed by atoms with Crippen LogP contribution in [0.15, 0.2) is 55.1 Å². The third-order valence-corrected chi connectivity index (χ3v) is 6.40. The van der Waals surface area contributed by atoms with E-state index in [1.54, 1.807) is 11.1 Å². The van der Waals surface area contributed by atoms with Gasteiger partial charge >= 0.3 is 0 Å². The van der Waals surface area contributed by atoms with Gasteiger partial charge in [0.05, 0.1) is 30.2 Å². The zero-order valence-electron chi connectivity index (χ0n) is 18.6. The second-order valence-electron chi connectivity index (χ2n) is 8.53. The van der Waals surface area contributed by atoms with Crippen LogP contribution in [0.3, 0.4) is 0 Å². The Kier molecular flexibility index (Phi) is 5.01. The molecule has 6 rings (SSSR count). The predicted octanol–water partition coefficient (Wildman–Crippen LogP) is 3.76. The quantitative estimate of drug-likeness (QED) is 0.498. The number of carbonyl (C=O) groups is 1. The van der Waals surface area contributed by atoms with Crippen LogP contribution in [0, 0.1) is 0 Å². The number of nitrogen functional groups attached to an aromatic ring is 1. The molecule has 1 fully saturated rings. The first-order valence-electron chi connectivity index (χ1n) is 11.5. The molecule has 0 bridgehead atoms. The lowest BCUT2D eigenvalue weighted by Crippen LogP contribution is -2.32. The molecule has 1 amide bonds. The van der Waals surface area contributed by atoms with Gasteiger partial charge < -0.3 is 20.1 Å². The molecule has 0 unspecified atom stereocenters. The third-order valence-electron chi connectivity index (χ3n) is 6.40. The topological polar surface area (TPSA) is 108 Å². The smallest absolute Gasteiger partial charge is 0.267 e. The summed E-state index contributed by atoms with van der Waals surface area (Å²) >= 11 is 0. The average Bonchev–Trinajstić information content (AvgIpc) is 3.48. The van der Waals surface area contributed by atoms with Gasteiger partial charge in [0.25, 0.3) is 5.91 Å². The maximum absolute atomic E-state index is 13.3. The Bertz CT molecular complexity index is 1380. The van der Waals surface area contributed by atoms with Crippen LogP contribution in [0.2, 0.25) is 0 Å². The van der Waals surface area contributed by atoms with Crippen LogP contribution >= 0.6 is 0 Å². The van der Waals surface area contributed by atoms with E-state index in [9.17, 15) is 4.79 Å². The van der Waals surface area contributed by atoms with Gasteiger partial charge in [-0.05, 0) is 49.9 Å². The van der Waals surface area contributed by atoms with E-state index in [2.05, 4.69) is 9.97 Å². The number of fused-ring (bicyclic) bond motifs is 2. The number of hydrogen-bond donors (Lipinski definition) is 1. The molecule has 0 saturated heterocycles. The van der Waals surface area contributed by atoms with Crippen molar-refractivity contribution in [3.63, 3.8) is 0 Å². The first-order chi connectivity index (χ1) is 16.7. The van der Waals surface area contributed by atoms with Gasteiger partial charge in [-0.25, -0.2) is 15.0 Å². The number of nitrogens with zero attached hydrogens (tertiary/aromatic N) is 5. The molecule has 1 aliphatic heterocycles. The summed E-state index contributed by atoms with van der Waals surface area (Å²) in [6.45, 7) is 0.640. The van der Waals surface area contributed by atoms with Crippen LogP contribution in [0.1, 0.15) is 36.0 Å². The van der Waals surface area contributed by atoms with Crippen molar-refractivity contribution in [2.75, 3.05) is 23.8 Å². The van der Waals surface area contributed by atoms with Crippen LogP contribution in [0.25, 0.3) is 16.7 Å². The van der Waals surface area contributed by atoms with Gasteiger partial charge in [0.2, 0.25) is 5.88 Å². The zero-order valence-corrected chi connectivity index (χ0v) is 18.6. The standard InChI is InChI=1S/C25H24N6O3/c26-22-21-24(29-15-28-22)33-12-11-30(25(21)32)17-13-16-9-10-31(23(16)27-14-17)19-7-3-4-8-20(19)34-18-5-1-2-6-18/h3-4,7-10,13-15,18H,1-2,5-6,11-12H2,(H2,26,28,29). The van der Waals surface area contributed by atoms with Gasteiger partial charge in [0.1, 0.15) is 35.7 Å². The highest BCUT2D eigenvalue weighted by atomic mass is 16.5. The molecule has 9 heteroatoms. The number of anilines is 2. The minimum absolute atomic E-state index is 0.0981. The molecule has 4 heterocycles. The van der Waals surface area contributed by atoms with Crippen molar-refractivity contribution >= 4 is 28.4 Å². The van der Waals surface area contributed by atoms with Crippen molar-refractivity contribution in [1.29, 1.82) is 0 Å². The zero-order chi connectivity index (χ0) is 23.1. The molecular formula is C25H24N6O3. The van der Waals surface area contributed by atoms with Crippen LogP contribution in [-0.4, -0.2) is 44.7 Å². The van der Waals surface area contributed by atoms with Gasteiger partial charge in [-0.3, -0.25) is 9.36 Å². The Balaban J connectivity index is 1.35. The number of ether oxygens (including phenoxy) is 2. The van der Waals surface area contributed by atoms with Crippen LogP contribution in [-0.2, 0) is 0 Å². The number of pyridine rings is 1. The van der Waals surface area contributed by atoms with Crippen molar-refractivity contribution in [1.82, 2.24) is 19.5 Å². The summed E-state index contributed by atoms with van der Waals surface area (Å²) in [5, 5.41) is 0.906. The highest BCUT2D eigenvalue weighted by molar-refractivity contribution is 6.11. The molecule has 9 nitrogen and oxygen atoms in total. The van der Waals surface area contributed by atoms with Crippen LogP contribution in [0.4, 0.5) is 11.5 Å². The van der Waals surface area contributed by atoms with Crippen molar-refractivity contribution in [2.45, 2.75) is 31.8 Å². The Hall–Kier alpha value is -4.14. The number of rotatable bonds is 4. The Morgan fingerprint density at radius 1 is 1.09 bits per heavy atom. The largest absolute Gasteiger partial charge is 0.488 e. The molecule has 4 aromatic rings. The number of amides is 1. The second-order valence-corrected chi connectivity index (χ2v) is 8.53. The van der Waals surface area contributed by atoms with Gasteiger partial charge in [0, 0.05) is 11.6 Å². The second kappa shape index (κ2) is 8.33. The summed E-state index contributed by atoms with van der Waals surface area (Å²) in [6, 6.07) is 12.0. The summed E-state index contributed by atoms with van der Waals surface area (Å²) in [5.74, 6) is 0.853. The van der Waals surface area contributed by atoms with E-state index in [0.29, 0.717) is 18.8 Å². The molecule has 1 aromatic carbocycles. The first kappa shape index (κ1) is 20.5. The van der Waals surface area contributed by atoms with E-state index in [1.165, 1.54) is 19.2 Å². The van der Waals surface area contributed by atoms with E-state index >= 15 is 0 Å². The third kappa shape index (κ3) is 3.49. The predicted molar refractivity (Wildman–Crippen MR) is 128 cm³/mol. The number of aromatic nitrogens is 4. The molecule has 2 N–H and O–H groups in total. The molecule has 34 heavy (non-hydrogen) atoms. The molecule has 2 aliphatic rings. The summed E-state index contributed by atoms with van der Waals surface area (Å²) in [4.78, 5) is 27.6. The van der Waals surface area contributed by atoms with E-state index in [4.69, 9.17) is 20.2 Å². The fourth-order valence-electron chi connectivity index (χ4n) is 4.71. The number of carbonyl (C=O) groups excluding carboxylic acids is 1. The van der Waals surface area contributed by atoms with Crippen molar-refractivity contribution in [2.24, 2.45) is 0 Å². The Morgan fingerprint density at radius 2 is 1.94 bits per heavy atom. The van der Waals surface area contributed by atoms with Crippen LogP contribution in [0.5, 0.6) is 11.6 Å². The first-order valence-corrected chi connectivity index (χ1v) is 11.5. The van der Waals surface area contributed by atoms with E-state index in [0.717, 1.165) is 35.3 Å². The number of para-hydroxylation sites is 2. The fraction of sp³-hybridized carbons (Fsp3) is 0.280. The molecule has 0 radical (unpaired) electrons. The van der Waals surface area contributed by atoms with Gasteiger partial charge in [-0.1, -0.05) is 12.1 Å². The van der Waals surface area contributed by atoms with E-state index in [1.807, 2.05) is 47.2 Å². The van der Waals surface area contributed by atoms with E-state index in [-0.39, 0.29) is 29.3 Å². The van der Waals surface area contributed by atoms with E-state index < -0.39 is 0 Å². The van der Waals surface area contributed by atoms with Crippen molar-refractivity contribution < 1.29 is 14.3 Å². The highest BCUT2D eigenvalue weighted by Crippen LogP contribution is 2.33. The van der Waals surface area contributed by atoms with Crippen LogP contribution < -0.4 is 20.1 Å². The fourth-order valence-corrected chi connectivity index (χ4v) is 4.71. The lowest BCUT2D eigenvalue weighted by Gasteiger charge is -2.20. The van der Waals surface area contributed by atoms with Gasteiger partial charge in [-0.15, -0.1) is 0 Å². The van der Waals surface area contributed by atoms with Gasteiger partial charge in [-0.2, -0.15) is 0 Å². The normalized spacial score (nSPS) is 16.4. The maximum atomic E-state index is 13.3. The lowest BCUT2D eigenvalue weighted by atomic mass is 10.2. The summed E-state index contributed by atoms with van der Waals surface area (Å²) in [7, 11) is 0. The molecule has 1 saturated carbocycles. The maximum Gasteiger partial charge on any atom is 0.267 e. The van der Waals surface area contributed by atoms with Crippen molar-refractivity contribution in [3.8, 4) is 17.3 Å². The highest BCUT2D eigenvalue weighted by Gasteiger charge is 2.29. The SMILES string of the molecule is Nc1ncnc2c1C(=O)N(c1cnc3c(ccn3-c3ccccc3OC3CCCC3)c1)CCO2. The monoisotopic (exact) mass is 456 g/mol. The number of nitrogens with two attached hydrogens (primary N) is 1.